The highest BCUT2D eigenvalue weighted by Crippen LogP contribution is 2.22. The Hall–Kier alpha value is -1.99. The molecule has 2 rings (SSSR count). The van der Waals surface area contributed by atoms with Crippen molar-refractivity contribution >= 4 is 33.5 Å². The number of aryl methyl sites for hydroxylation is 1. The molecule has 2 aromatic rings. The summed E-state index contributed by atoms with van der Waals surface area (Å²) in [5.74, 6) is 0.155. The van der Waals surface area contributed by atoms with Gasteiger partial charge in [-0.05, 0) is 37.1 Å². The molecule has 122 valence electrons. The number of nitrogens with one attached hydrogen (secondary N) is 2. The smallest absolute Gasteiger partial charge is 0.270 e. The summed E-state index contributed by atoms with van der Waals surface area (Å²) in [6.07, 6.45) is 2.32. The van der Waals surface area contributed by atoms with Crippen LogP contribution in [0.1, 0.15) is 22.5 Å². The molecule has 1 aromatic carbocycles. The van der Waals surface area contributed by atoms with Crippen molar-refractivity contribution in [3.63, 3.8) is 0 Å². The molecule has 0 bridgehead atoms. The molecule has 0 spiro atoms. The quantitative estimate of drug-likeness (QED) is 0.724. The molecular weight excluding hydrogens is 360 g/mol. The van der Waals surface area contributed by atoms with Crippen LogP contribution in [0.4, 0.5) is 11.6 Å². The van der Waals surface area contributed by atoms with E-state index >= 15 is 0 Å². The Morgan fingerprint density at radius 1 is 1.35 bits per heavy atom. The number of amides is 1. The average Bonchev–Trinajstić information content (AvgIpc) is 2.55. The first-order valence-corrected chi connectivity index (χ1v) is 8.03. The number of anilines is 2. The van der Waals surface area contributed by atoms with Gasteiger partial charge in [-0.1, -0.05) is 22.0 Å². The fourth-order valence-corrected chi connectivity index (χ4v) is 2.23. The van der Waals surface area contributed by atoms with E-state index in [0.29, 0.717) is 24.8 Å². The summed E-state index contributed by atoms with van der Waals surface area (Å²) >= 11 is 3.48. The van der Waals surface area contributed by atoms with Crippen LogP contribution in [0.25, 0.3) is 0 Å². The van der Waals surface area contributed by atoms with Gasteiger partial charge in [-0.2, -0.15) is 0 Å². The molecule has 0 saturated carbocycles. The maximum atomic E-state index is 12.0. The number of hydrogen-bond donors (Lipinski definition) is 2. The lowest BCUT2D eigenvalue weighted by molar-refractivity contribution is 0.0943. The molecule has 0 unspecified atom stereocenters. The summed E-state index contributed by atoms with van der Waals surface area (Å²) in [7, 11) is 1.63. The molecule has 1 amide bonds. The van der Waals surface area contributed by atoms with E-state index in [2.05, 4.69) is 36.5 Å². The molecule has 6 nitrogen and oxygen atoms in total. The third-order valence-corrected chi connectivity index (χ3v) is 3.98. The standard InChI is InChI=1S/C16H19BrN4O2/c1-11-4-5-12(10-13(11)17)20-16-19-8-6-14(21-16)15(22)18-7-3-9-23-2/h4-6,8,10H,3,7,9H2,1-2H3,(H,18,22)(H,19,20,21). The van der Waals surface area contributed by atoms with Crippen LogP contribution < -0.4 is 10.6 Å². The fourth-order valence-electron chi connectivity index (χ4n) is 1.85. The number of ether oxygens (including phenoxy) is 1. The van der Waals surface area contributed by atoms with Gasteiger partial charge in [-0.3, -0.25) is 4.79 Å². The highest BCUT2D eigenvalue weighted by molar-refractivity contribution is 9.10. The lowest BCUT2D eigenvalue weighted by atomic mass is 10.2. The highest BCUT2D eigenvalue weighted by atomic mass is 79.9. The molecule has 7 heteroatoms. The number of nitrogens with zero attached hydrogens (tertiary/aromatic N) is 2. The molecular formula is C16H19BrN4O2. The van der Waals surface area contributed by atoms with E-state index in [1.54, 1.807) is 19.4 Å². The Bertz CT molecular complexity index is 679. The second-order valence-electron chi connectivity index (χ2n) is 4.96. The minimum Gasteiger partial charge on any atom is -0.385 e. The van der Waals surface area contributed by atoms with Crippen molar-refractivity contribution in [1.29, 1.82) is 0 Å². The Labute approximate surface area is 143 Å². The van der Waals surface area contributed by atoms with E-state index in [1.807, 2.05) is 25.1 Å². The van der Waals surface area contributed by atoms with Crippen molar-refractivity contribution in [2.75, 3.05) is 25.6 Å². The molecule has 0 aliphatic carbocycles. The first-order valence-electron chi connectivity index (χ1n) is 7.23. The van der Waals surface area contributed by atoms with E-state index in [0.717, 1.165) is 22.1 Å². The van der Waals surface area contributed by atoms with Crippen LogP contribution in [0.3, 0.4) is 0 Å². The van der Waals surface area contributed by atoms with Gasteiger partial charge in [0.25, 0.3) is 5.91 Å². The average molecular weight is 379 g/mol. The van der Waals surface area contributed by atoms with Gasteiger partial charge in [0, 0.05) is 36.6 Å². The van der Waals surface area contributed by atoms with E-state index in [-0.39, 0.29) is 5.91 Å². The number of halogens is 1. The topological polar surface area (TPSA) is 76.1 Å². The minimum absolute atomic E-state index is 0.225. The second-order valence-corrected chi connectivity index (χ2v) is 5.81. The normalized spacial score (nSPS) is 10.4. The van der Waals surface area contributed by atoms with Crippen molar-refractivity contribution in [1.82, 2.24) is 15.3 Å². The summed E-state index contributed by atoms with van der Waals surface area (Å²) in [6.45, 7) is 3.17. The molecule has 2 N–H and O–H groups in total. The lowest BCUT2D eigenvalue weighted by Gasteiger charge is -2.08. The van der Waals surface area contributed by atoms with Crippen molar-refractivity contribution in [2.24, 2.45) is 0 Å². The van der Waals surface area contributed by atoms with Crippen LogP contribution in [0.5, 0.6) is 0 Å². The summed E-state index contributed by atoms with van der Waals surface area (Å²) in [6, 6.07) is 7.44. The maximum absolute atomic E-state index is 12.0. The summed E-state index contributed by atoms with van der Waals surface area (Å²) in [5, 5.41) is 5.89. The van der Waals surface area contributed by atoms with E-state index < -0.39 is 0 Å². The van der Waals surface area contributed by atoms with Gasteiger partial charge in [0.05, 0.1) is 0 Å². The predicted molar refractivity (Wildman–Crippen MR) is 93.0 cm³/mol. The largest absolute Gasteiger partial charge is 0.385 e. The number of carbonyl (C=O) groups is 1. The molecule has 0 aliphatic rings. The van der Waals surface area contributed by atoms with Gasteiger partial charge >= 0.3 is 0 Å². The van der Waals surface area contributed by atoms with E-state index in [9.17, 15) is 4.79 Å². The number of methoxy groups -OCH3 is 1. The monoisotopic (exact) mass is 378 g/mol. The molecule has 0 saturated heterocycles. The van der Waals surface area contributed by atoms with Crippen molar-refractivity contribution < 1.29 is 9.53 Å². The highest BCUT2D eigenvalue weighted by Gasteiger charge is 2.08. The Morgan fingerprint density at radius 3 is 2.91 bits per heavy atom. The van der Waals surface area contributed by atoms with Crippen LogP contribution >= 0.6 is 15.9 Å². The van der Waals surface area contributed by atoms with E-state index in [4.69, 9.17) is 4.74 Å². The molecule has 1 heterocycles. The molecule has 0 radical (unpaired) electrons. The van der Waals surface area contributed by atoms with Crippen LogP contribution in [-0.2, 0) is 4.74 Å². The molecule has 1 aromatic heterocycles. The van der Waals surface area contributed by atoms with Crippen LogP contribution in [-0.4, -0.2) is 36.1 Å². The van der Waals surface area contributed by atoms with Gasteiger partial charge in [-0.25, -0.2) is 9.97 Å². The minimum atomic E-state index is -0.225. The molecule has 23 heavy (non-hydrogen) atoms. The first kappa shape index (κ1) is 17.4. The number of carbonyl (C=O) groups excluding carboxylic acids is 1. The second kappa shape index (κ2) is 8.59. The number of aromatic nitrogens is 2. The van der Waals surface area contributed by atoms with Crippen LogP contribution in [0, 0.1) is 6.92 Å². The Kier molecular flexibility index (Phi) is 6.49. The predicted octanol–water partition coefficient (Wildman–Crippen LogP) is 3.06. The maximum Gasteiger partial charge on any atom is 0.270 e. The van der Waals surface area contributed by atoms with Crippen molar-refractivity contribution in [3.05, 3.63) is 46.2 Å². The SMILES string of the molecule is COCCCNC(=O)c1ccnc(Nc2ccc(C)c(Br)c2)n1. The summed E-state index contributed by atoms with van der Waals surface area (Å²) in [4.78, 5) is 20.4. The van der Waals surface area contributed by atoms with E-state index in [1.165, 1.54) is 0 Å². The number of benzene rings is 1. The van der Waals surface area contributed by atoms with Gasteiger partial charge in [0.15, 0.2) is 0 Å². The zero-order chi connectivity index (χ0) is 16.7. The zero-order valence-electron chi connectivity index (χ0n) is 13.1. The lowest BCUT2D eigenvalue weighted by Crippen LogP contribution is -2.26. The van der Waals surface area contributed by atoms with Gasteiger partial charge in [0.2, 0.25) is 5.95 Å². The van der Waals surface area contributed by atoms with Gasteiger partial charge in [0.1, 0.15) is 5.69 Å². The van der Waals surface area contributed by atoms with Crippen LogP contribution in [0.15, 0.2) is 34.9 Å². The third kappa shape index (κ3) is 5.30. The number of rotatable bonds is 7. The number of hydrogen-bond acceptors (Lipinski definition) is 5. The first-order chi connectivity index (χ1) is 11.1. The summed E-state index contributed by atoms with van der Waals surface area (Å²) in [5.41, 5.74) is 2.31. The molecule has 0 fully saturated rings. The third-order valence-electron chi connectivity index (χ3n) is 3.13. The molecule has 0 aliphatic heterocycles. The fraction of sp³-hybridized carbons (Fsp3) is 0.312. The Morgan fingerprint density at radius 2 is 2.17 bits per heavy atom. The summed E-state index contributed by atoms with van der Waals surface area (Å²) < 4.78 is 5.94. The van der Waals surface area contributed by atoms with Gasteiger partial charge < -0.3 is 15.4 Å². The van der Waals surface area contributed by atoms with Crippen molar-refractivity contribution in [3.8, 4) is 0 Å². The van der Waals surface area contributed by atoms with Crippen molar-refractivity contribution in [2.45, 2.75) is 13.3 Å². The van der Waals surface area contributed by atoms with Gasteiger partial charge in [-0.15, -0.1) is 0 Å². The Balaban J connectivity index is 2.01. The molecule has 0 atom stereocenters. The zero-order valence-corrected chi connectivity index (χ0v) is 14.7. The van der Waals surface area contributed by atoms with Crippen LogP contribution in [0.2, 0.25) is 0 Å².